The SMILES string of the molecule is CC1CCN(CC(NC2CC2)(C(N)=O)C2CC2)CC1C. The van der Waals surface area contributed by atoms with Crippen LogP contribution in [0.25, 0.3) is 0 Å². The Bertz CT molecular complexity index is 378. The van der Waals surface area contributed by atoms with Crippen molar-refractivity contribution in [1.82, 2.24) is 10.2 Å². The Kier molecular flexibility index (Phi) is 3.80. The molecule has 3 unspecified atom stereocenters. The summed E-state index contributed by atoms with van der Waals surface area (Å²) in [6, 6.07) is 0.532. The highest BCUT2D eigenvalue weighted by Crippen LogP contribution is 2.42. The molecule has 0 aromatic carbocycles. The molecule has 2 aliphatic carbocycles. The van der Waals surface area contributed by atoms with Crippen LogP contribution in [0.4, 0.5) is 0 Å². The molecule has 3 fully saturated rings. The number of nitrogens with zero attached hydrogens (tertiary/aromatic N) is 1. The highest BCUT2D eigenvalue weighted by atomic mass is 16.1. The third kappa shape index (κ3) is 2.86. The molecule has 1 saturated heterocycles. The lowest BCUT2D eigenvalue weighted by atomic mass is 9.85. The minimum Gasteiger partial charge on any atom is -0.368 e. The number of rotatable bonds is 6. The van der Waals surface area contributed by atoms with Gasteiger partial charge in [-0.2, -0.15) is 0 Å². The van der Waals surface area contributed by atoms with Gasteiger partial charge in [-0.25, -0.2) is 0 Å². The minimum atomic E-state index is -0.457. The van der Waals surface area contributed by atoms with Crippen molar-refractivity contribution >= 4 is 5.91 Å². The van der Waals surface area contributed by atoms with Gasteiger partial charge >= 0.3 is 0 Å². The molecule has 0 aromatic heterocycles. The summed E-state index contributed by atoms with van der Waals surface area (Å²) in [6.45, 7) is 7.70. The molecule has 3 rings (SSSR count). The predicted molar refractivity (Wildman–Crippen MR) is 80.2 cm³/mol. The Morgan fingerprint density at radius 3 is 2.40 bits per heavy atom. The van der Waals surface area contributed by atoms with Crippen LogP contribution < -0.4 is 11.1 Å². The van der Waals surface area contributed by atoms with E-state index in [9.17, 15) is 4.79 Å². The summed E-state index contributed by atoms with van der Waals surface area (Å²) in [6.07, 6.45) is 5.96. The van der Waals surface area contributed by atoms with Crippen molar-refractivity contribution in [3.63, 3.8) is 0 Å². The fraction of sp³-hybridized carbons (Fsp3) is 0.938. The molecule has 0 spiro atoms. The summed E-state index contributed by atoms with van der Waals surface area (Å²) in [5, 5.41) is 3.62. The maximum absolute atomic E-state index is 12.2. The van der Waals surface area contributed by atoms with E-state index in [4.69, 9.17) is 5.73 Å². The Labute approximate surface area is 122 Å². The van der Waals surface area contributed by atoms with Crippen LogP contribution in [-0.2, 0) is 4.79 Å². The smallest absolute Gasteiger partial charge is 0.239 e. The molecule has 1 amide bonds. The number of hydrogen-bond donors (Lipinski definition) is 2. The molecule has 0 bridgehead atoms. The highest BCUT2D eigenvalue weighted by Gasteiger charge is 2.52. The molecule has 3 N–H and O–H groups in total. The number of nitrogens with one attached hydrogen (secondary N) is 1. The average Bonchev–Trinajstić information content (AvgIpc) is 3.25. The zero-order valence-corrected chi connectivity index (χ0v) is 12.9. The first kappa shape index (κ1) is 14.3. The molecule has 0 radical (unpaired) electrons. The van der Waals surface area contributed by atoms with Crippen molar-refractivity contribution in [2.45, 2.75) is 57.5 Å². The number of piperidine rings is 1. The van der Waals surface area contributed by atoms with Crippen molar-refractivity contribution in [3.05, 3.63) is 0 Å². The topological polar surface area (TPSA) is 58.4 Å². The quantitative estimate of drug-likeness (QED) is 0.771. The Hall–Kier alpha value is -0.610. The van der Waals surface area contributed by atoms with E-state index in [1.165, 1.54) is 19.3 Å². The molecular formula is C16H29N3O. The maximum Gasteiger partial charge on any atom is 0.239 e. The normalized spacial score (nSPS) is 34.7. The minimum absolute atomic E-state index is 0.127. The highest BCUT2D eigenvalue weighted by molar-refractivity contribution is 5.86. The summed E-state index contributed by atoms with van der Waals surface area (Å²) in [5.41, 5.74) is 5.38. The van der Waals surface area contributed by atoms with E-state index in [0.29, 0.717) is 12.0 Å². The Morgan fingerprint density at radius 1 is 1.20 bits per heavy atom. The number of carbonyl (C=O) groups excluding carboxylic acids is 1. The van der Waals surface area contributed by atoms with E-state index in [0.717, 1.165) is 44.3 Å². The van der Waals surface area contributed by atoms with Gasteiger partial charge in [0.1, 0.15) is 5.54 Å². The lowest BCUT2D eigenvalue weighted by Crippen LogP contribution is -2.64. The molecule has 4 nitrogen and oxygen atoms in total. The van der Waals surface area contributed by atoms with Gasteiger partial charge in [0.2, 0.25) is 5.91 Å². The fourth-order valence-corrected chi connectivity index (χ4v) is 3.66. The summed E-state index contributed by atoms with van der Waals surface area (Å²) in [7, 11) is 0. The van der Waals surface area contributed by atoms with Gasteiger partial charge in [-0.15, -0.1) is 0 Å². The van der Waals surface area contributed by atoms with E-state index >= 15 is 0 Å². The number of likely N-dealkylation sites (tertiary alicyclic amines) is 1. The van der Waals surface area contributed by atoms with Gasteiger partial charge in [0.15, 0.2) is 0 Å². The lowest BCUT2D eigenvalue weighted by molar-refractivity contribution is -0.126. The number of carbonyl (C=O) groups is 1. The first-order valence-corrected chi connectivity index (χ1v) is 8.31. The standard InChI is InChI=1S/C16H29N3O/c1-11-7-8-19(9-12(11)2)10-16(15(17)20,13-3-4-13)18-14-5-6-14/h11-14,18H,3-10H2,1-2H3,(H2,17,20). The first-order chi connectivity index (χ1) is 9.51. The van der Waals surface area contributed by atoms with E-state index in [1.807, 2.05) is 0 Å². The number of primary amides is 1. The zero-order chi connectivity index (χ0) is 14.3. The van der Waals surface area contributed by atoms with Gasteiger partial charge in [-0.1, -0.05) is 13.8 Å². The average molecular weight is 279 g/mol. The summed E-state index contributed by atoms with van der Waals surface area (Å²) >= 11 is 0. The fourth-order valence-electron chi connectivity index (χ4n) is 3.66. The van der Waals surface area contributed by atoms with E-state index in [2.05, 4.69) is 24.1 Å². The molecule has 20 heavy (non-hydrogen) atoms. The maximum atomic E-state index is 12.2. The van der Waals surface area contributed by atoms with Crippen LogP contribution in [0, 0.1) is 17.8 Å². The van der Waals surface area contributed by atoms with E-state index in [1.54, 1.807) is 0 Å². The van der Waals surface area contributed by atoms with Crippen molar-refractivity contribution in [1.29, 1.82) is 0 Å². The van der Waals surface area contributed by atoms with Gasteiger partial charge in [-0.3, -0.25) is 10.1 Å². The summed E-state index contributed by atoms with van der Waals surface area (Å²) < 4.78 is 0. The van der Waals surface area contributed by atoms with E-state index < -0.39 is 5.54 Å². The van der Waals surface area contributed by atoms with Crippen LogP contribution in [-0.4, -0.2) is 42.0 Å². The summed E-state index contributed by atoms with van der Waals surface area (Å²) in [4.78, 5) is 14.7. The van der Waals surface area contributed by atoms with Crippen LogP contribution in [0.3, 0.4) is 0 Å². The van der Waals surface area contributed by atoms with Crippen molar-refractivity contribution in [2.24, 2.45) is 23.5 Å². The van der Waals surface area contributed by atoms with Crippen LogP contribution in [0.2, 0.25) is 0 Å². The van der Waals surface area contributed by atoms with Crippen LogP contribution in [0.1, 0.15) is 46.0 Å². The van der Waals surface area contributed by atoms with Gasteiger partial charge in [0.05, 0.1) is 0 Å². The van der Waals surface area contributed by atoms with Gasteiger partial charge in [0.25, 0.3) is 0 Å². The second-order valence-corrected chi connectivity index (χ2v) is 7.51. The predicted octanol–water partition coefficient (Wildman–Crippen LogP) is 1.35. The molecule has 1 heterocycles. The second kappa shape index (κ2) is 5.30. The molecule has 114 valence electrons. The van der Waals surface area contributed by atoms with Gasteiger partial charge in [0, 0.05) is 19.1 Å². The largest absolute Gasteiger partial charge is 0.368 e. The number of nitrogens with two attached hydrogens (primary N) is 1. The van der Waals surface area contributed by atoms with Gasteiger partial charge < -0.3 is 10.6 Å². The van der Waals surface area contributed by atoms with E-state index in [-0.39, 0.29) is 5.91 Å². The first-order valence-electron chi connectivity index (χ1n) is 8.31. The molecule has 4 heteroatoms. The number of amides is 1. The molecular weight excluding hydrogens is 250 g/mol. The monoisotopic (exact) mass is 279 g/mol. The second-order valence-electron chi connectivity index (χ2n) is 7.51. The Balaban J connectivity index is 1.70. The number of hydrogen-bond acceptors (Lipinski definition) is 3. The zero-order valence-electron chi connectivity index (χ0n) is 12.9. The van der Waals surface area contributed by atoms with Crippen molar-refractivity contribution < 1.29 is 4.79 Å². The molecule has 1 aliphatic heterocycles. The van der Waals surface area contributed by atoms with Crippen LogP contribution >= 0.6 is 0 Å². The molecule has 2 saturated carbocycles. The van der Waals surface area contributed by atoms with Crippen LogP contribution in [0.15, 0.2) is 0 Å². The molecule has 0 aromatic rings. The van der Waals surface area contributed by atoms with Crippen molar-refractivity contribution in [2.75, 3.05) is 19.6 Å². The third-order valence-corrected chi connectivity index (χ3v) is 5.64. The van der Waals surface area contributed by atoms with Crippen molar-refractivity contribution in [3.8, 4) is 0 Å². The summed E-state index contributed by atoms with van der Waals surface area (Å²) in [5.74, 6) is 1.86. The molecule has 3 atom stereocenters. The third-order valence-electron chi connectivity index (χ3n) is 5.64. The lowest BCUT2D eigenvalue weighted by Gasteiger charge is -2.42. The van der Waals surface area contributed by atoms with Crippen LogP contribution in [0.5, 0.6) is 0 Å². The van der Waals surface area contributed by atoms with Gasteiger partial charge in [-0.05, 0) is 56.4 Å². The molecule has 3 aliphatic rings. The Morgan fingerprint density at radius 2 is 1.90 bits per heavy atom.